The second-order valence-corrected chi connectivity index (χ2v) is 3.58. The fraction of sp³-hybridized carbons (Fsp3) is 0.917. The van der Waals surface area contributed by atoms with E-state index in [1.807, 2.05) is 6.92 Å². The Morgan fingerprint density at radius 2 is 1.89 bits per heavy atom. The van der Waals surface area contributed by atoms with Gasteiger partial charge in [0.05, 0.1) is 0 Å². The number of methoxy groups -OCH3 is 1. The normalized spacial score (nSPS) is 10.9. The maximum absolute atomic E-state index is 5.27. The average Bonchev–Trinajstić information content (AvgIpc) is 2.34. The van der Waals surface area contributed by atoms with Crippen LogP contribution in [0.5, 0.6) is 0 Å². The summed E-state index contributed by atoms with van der Waals surface area (Å²) in [4.78, 5) is 4.44. The quantitative estimate of drug-likeness (QED) is 0.265. The Bertz CT molecular complexity index is 192. The summed E-state index contributed by atoms with van der Waals surface area (Å²) in [5.41, 5.74) is 0. The molecule has 0 aromatic heterocycles. The van der Waals surface area contributed by atoms with Gasteiger partial charge in [-0.1, -0.05) is 0 Å². The molecule has 0 aliphatic carbocycles. The molecule has 110 valence electrons. The topological polar surface area (TPSA) is 54.9 Å². The third-order valence-corrected chi connectivity index (χ3v) is 2.08. The fourth-order valence-corrected chi connectivity index (χ4v) is 1.27. The molecule has 0 rings (SSSR count). The molecule has 0 heterocycles. The Hall–Kier alpha value is -0.0800. The van der Waals surface area contributed by atoms with Gasteiger partial charge in [-0.05, 0) is 26.7 Å². The van der Waals surface area contributed by atoms with Gasteiger partial charge in [0.2, 0.25) is 0 Å². The first-order valence-electron chi connectivity index (χ1n) is 6.44. The Morgan fingerprint density at radius 1 is 1.11 bits per heavy atom. The Balaban J connectivity index is 0. The molecule has 0 bridgehead atoms. The third kappa shape index (κ3) is 14.0. The highest BCUT2D eigenvalue weighted by Crippen LogP contribution is 1.84. The number of ether oxygens (including phenoxy) is 2. The van der Waals surface area contributed by atoms with Gasteiger partial charge in [0.1, 0.15) is 0 Å². The monoisotopic (exact) mass is 373 g/mol. The molecular formula is C12H28IN3O2. The van der Waals surface area contributed by atoms with E-state index in [2.05, 4.69) is 22.5 Å². The lowest BCUT2D eigenvalue weighted by Gasteiger charge is -2.11. The zero-order valence-corrected chi connectivity index (χ0v) is 14.2. The minimum absolute atomic E-state index is 0. The van der Waals surface area contributed by atoms with Crippen LogP contribution in [0, 0.1) is 0 Å². The molecule has 2 N–H and O–H groups in total. The second-order valence-electron chi connectivity index (χ2n) is 3.58. The summed E-state index contributed by atoms with van der Waals surface area (Å²) in [5.74, 6) is 0.875. The van der Waals surface area contributed by atoms with E-state index in [0.29, 0.717) is 0 Å². The van der Waals surface area contributed by atoms with Crippen molar-refractivity contribution in [2.24, 2.45) is 4.99 Å². The lowest BCUT2D eigenvalue weighted by atomic mass is 10.4. The first-order valence-corrected chi connectivity index (χ1v) is 6.44. The molecule has 5 nitrogen and oxygen atoms in total. The van der Waals surface area contributed by atoms with Crippen molar-refractivity contribution in [3.8, 4) is 0 Å². The lowest BCUT2D eigenvalue weighted by molar-refractivity contribution is 0.145. The van der Waals surface area contributed by atoms with Crippen molar-refractivity contribution in [3.05, 3.63) is 0 Å². The first-order chi connectivity index (χ1) is 8.35. The number of hydrogen-bond acceptors (Lipinski definition) is 3. The molecule has 0 atom stereocenters. The Morgan fingerprint density at radius 3 is 2.50 bits per heavy atom. The molecule has 0 spiro atoms. The van der Waals surface area contributed by atoms with Crippen molar-refractivity contribution in [2.75, 3.05) is 46.6 Å². The first kappa shape index (κ1) is 20.2. The van der Waals surface area contributed by atoms with Crippen LogP contribution in [0.2, 0.25) is 0 Å². The van der Waals surface area contributed by atoms with Gasteiger partial charge < -0.3 is 20.1 Å². The maximum Gasteiger partial charge on any atom is 0.191 e. The standard InChI is InChI=1S/C12H27N3O2.HI/c1-4-13-12(14-8-6-10-16-3)15-9-7-11-17-5-2;/h4-11H2,1-3H3,(H2,13,14,15);1H. The van der Waals surface area contributed by atoms with Gasteiger partial charge >= 0.3 is 0 Å². The van der Waals surface area contributed by atoms with E-state index in [-0.39, 0.29) is 24.0 Å². The molecule has 0 aliphatic heterocycles. The number of rotatable bonds is 10. The van der Waals surface area contributed by atoms with E-state index in [4.69, 9.17) is 9.47 Å². The molecule has 18 heavy (non-hydrogen) atoms. The second kappa shape index (κ2) is 16.9. The van der Waals surface area contributed by atoms with Crippen molar-refractivity contribution in [3.63, 3.8) is 0 Å². The van der Waals surface area contributed by atoms with Crippen molar-refractivity contribution in [2.45, 2.75) is 26.7 Å². The predicted molar refractivity (Wildman–Crippen MR) is 87.0 cm³/mol. The number of halogens is 1. The molecule has 0 fully saturated rings. The van der Waals surface area contributed by atoms with E-state index >= 15 is 0 Å². The van der Waals surface area contributed by atoms with E-state index in [1.54, 1.807) is 7.11 Å². The third-order valence-electron chi connectivity index (χ3n) is 2.08. The summed E-state index contributed by atoms with van der Waals surface area (Å²) in [7, 11) is 1.71. The number of hydrogen-bond donors (Lipinski definition) is 2. The van der Waals surface area contributed by atoms with Gasteiger partial charge in [-0.2, -0.15) is 0 Å². The highest BCUT2D eigenvalue weighted by molar-refractivity contribution is 14.0. The van der Waals surface area contributed by atoms with E-state index in [9.17, 15) is 0 Å². The van der Waals surface area contributed by atoms with Gasteiger partial charge in [-0.15, -0.1) is 24.0 Å². The summed E-state index contributed by atoms with van der Waals surface area (Å²) in [6, 6.07) is 0. The molecule has 0 radical (unpaired) electrons. The summed E-state index contributed by atoms with van der Waals surface area (Å²) < 4.78 is 10.3. The minimum atomic E-state index is 0. The van der Waals surface area contributed by atoms with Crippen LogP contribution < -0.4 is 10.6 Å². The summed E-state index contributed by atoms with van der Waals surface area (Å²) in [5, 5.41) is 6.48. The molecule has 0 aromatic carbocycles. The van der Waals surface area contributed by atoms with E-state index < -0.39 is 0 Å². The van der Waals surface area contributed by atoms with Crippen molar-refractivity contribution < 1.29 is 9.47 Å². The number of aliphatic imine (C=N–C) groups is 1. The summed E-state index contributed by atoms with van der Waals surface area (Å²) in [6.45, 7) is 8.96. The number of guanidine groups is 1. The van der Waals surface area contributed by atoms with Gasteiger partial charge in [0, 0.05) is 46.6 Å². The fourth-order valence-electron chi connectivity index (χ4n) is 1.27. The van der Waals surface area contributed by atoms with Crippen LogP contribution in [0.25, 0.3) is 0 Å². The molecule has 0 aliphatic rings. The van der Waals surface area contributed by atoms with E-state index in [1.165, 1.54) is 0 Å². The molecular weight excluding hydrogens is 345 g/mol. The van der Waals surface area contributed by atoms with Gasteiger partial charge in [-0.25, -0.2) is 0 Å². The Labute approximate surface area is 128 Å². The SMILES string of the molecule is CCNC(=NCCCOC)NCCCOCC.I. The van der Waals surface area contributed by atoms with Crippen LogP contribution >= 0.6 is 24.0 Å². The zero-order valence-electron chi connectivity index (χ0n) is 11.8. The van der Waals surface area contributed by atoms with Crippen LogP contribution in [0.1, 0.15) is 26.7 Å². The van der Waals surface area contributed by atoms with E-state index in [0.717, 1.165) is 58.3 Å². The summed E-state index contributed by atoms with van der Waals surface area (Å²) in [6.07, 6.45) is 1.95. The van der Waals surface area contributed by atoms with Crippen molar-refractivity contribution in [1.29, 1.82) is 0 Å². The molecule has 0 amide bonds. The largest absolute Gasteiger partial charge is 0.385 e. The van der Waals surface area contributed by atoms with Crippen LogP contribution in [0.15, 0.2) is 4.99 Å². The molecule has 0 unspecified atom stereocenters. The molecule has 0 aromatic rings. The maximum atomic E-state index is 5.27. The smallest absolute Gasteiger partial charge is 0.191 e. The lowest BCUT2D eigenvalue weighted by Crippen LogP contribution is -2.38. The highest BCUT2D eigenvalue weighted by Gasteiger charge is 1.95. The van der Waals surface area contributed by atoms with Crippen LogP contribution in [0.4, 0.5) is 0 Å². The minimum Gasteiger partial charge on any atom is -0.385 e. The highest BCUT2D eigenvalue weighted by atomic mass is 127. The van der Waals surface area contributed by atoms with Crippen molar-refractivity contribution in [1.82, 2.24) is 10.6 Å². The Kier molecular flexibility index (Phi) is 19.0. The summed E-state index contributed by atoms with van der Waals surface area (Å²) >= 11 is 0. The molecule has 0 saturated carbocycles. The van der Waals surface area contributed by atoms with Crippen LogP contribution in [-0.4, -0.2) is 52.5 Å². The van der Waals surface area contributed by atoms with Gasteiger partial charge in [0.15, 0.2) is 5.96 Å². The molecule has 6 heteroatoms. The number of nitrogens with one attached hydrogen (secondary N) is 2. The molecule has 0 saturated heterocycles. The predicted octanol–water partition coefficient (Wildman–Crippen LogP) is 1.62. The zero-order chi connectivity index (χ0) is 12.8. The average molecular weight is 373 g/mol. The van der Waals surface area contributed by atoms with Crippen LogP contribution in [-0.2, 0) is 9.47 Å². The van der Waals surface area contributed by atoms with Gasteiger partial charge in [-0.3, -0.25) is 4.99 Å². The number of nitrogens with zero attached hydrogens (tertiary/aromatic N) is 1. The van der Waals surface area contributed by atoms with Crippen LogP contribution in [0.3, 0.4) is 0 Å². The van der Waals surface area contributed by atoms with Crippen molar-refractivity contribution >= 4 is 29.9 Å². The van der Waals surface area contributed by atoms with Gasteiger partial charge in [0.25, 0.3) is 0 Å².